The molecule has 180 valence electrons. The van der Waals surface area contributed by atoms with Gasteiger partial charge in [-0.25, -0.2) is 0 Å². The summed E-state index contributed by atoms with van der Waals surface area (Å²) < 4.78 is 36.6. The Balaban J connectivity index is 1.69. The van der Waals surface area contributed by atoms with Gasteiger partial charge in [0.25, 0.3) is 0 Å². The van der Waals surface area contributed by atoms with Crippen LogP contribution in [-0.2, 0) is 32.9 Å². The molecule has 3 aliphatic rings. The van der Waals surface area contributed by atoms with Crippen molar-refractivity contribution in [3.05, 3.63) is 0 Å². The average molecular weight is 459 g/mol. The number of carbonyl (C=O) groups excluding carboxylic acids is 1. The molecule has 31 heavy (non-hydrogen) atoms. The highest BCUT2D eigenvalue weighted by Crippen LogP contribution is 2.52. The number of hydrogen-bond acceptors (Lipinski definition) is 7. The van der Waals surface area contributed by atoms with Crippen LogP contribution in [0.25, 0.3) is 0 Å². The summed E-state index contributed by atoms with van der Waals surface area (Å²) in [6.07, 6.45) is 1.49. The molecule has 5 atom stereocenters. The second-order valence-corrected chi connectivity index (χ2v) is 16.5. The van der Waals surface area contributed by atoms with Gasteiger partial charge >= 0.3 is 0 Å². The molecule has 0 N–H and O–H groups in total. The zero-order chi connectivity index (χ0) is 23.3. The Hall–Kier alpha value is -0.353. The fourth-order valence-electron chi connectivity index (χ4n) is 4.48. The maximum Gasteiger partial charge on any atom is 0.191 e. The van der Waals surface area contributed by atoms with E-state index >= 15 is 0 Å². The highest BCUT2D eigenvalue weighted by atomic mass is 28.4. The van der Waals surface area contributed by atoms with Gasteiger partial charge in [-0.05, 0) is 58.7 Å². The monoisotopic (exact) mass is 458 g/mol. The second-order valence-electron chi connectivity index (χ2n) is 11.6. The van der Waals surface area contributed by atoms with Crippen LogP contribution in [0.3, 0.4) is 0 Å². The van der Waals surface area contributed by atoms with Gasteiger partial charge in [-0.2, -0.15) is 0 Å². The van der Waals surface area contributed by atoms with Crippen LogP contribution >= 0.6 is 0 Å². The Morgan fingerprint density at radius 1 is 1.00 bits per heavy atom. The van der Waals surface area contributed by atoms with Crippen LogP contribution in [0.2, 0.25) is 18.1 Å². The predicted octanol–water partition coefficient (Wildman–Crippen LogP) is 4.39. The first-order valence-corrected chi connectivity index (χ1v) is 14.5. The molecule has 0 aromatic rings. The summed E-state index contributed by atoms with van der Waals surface area (Å²) in [4.78, 5) is 12.6. The molecule has 7 nitrogen and oxygen atoms in total. The molecule has 0 aromatic carbocycles. The van der Waals surface area contributed by atoms with Crippen LogP contribution < -0.4 is 0 Å². The SMILES string of the molecule is CC1(C)OC[C@H]([C@H]2O[C@@H]3OC(C)(C)O[C@@H]3[C@@]2(C=O)CCCCO[Si](C)(C)C(C)(C)C)O1. The van der Waals surface area contributed by atoms with E-state index in [2.05, 4.69) is 33.9 Å². The van der Waals surface area contributed by atoms with E-state index in [1.165, 1.54) is 0 Å². The maximum absolute atomic E-state index is 12.6. The number of carbonyl (C=O) groups is 1. The third kappa shape index (κ3) is 5.10. The van der Waals surface area contributed by atoms with Gasteiger partial charge in [-0.15, -0.1) is 0 Å². The van der Waals surface area contributed by atoms with E-state index in [-0.39, 0.29) is 11.1 Å². The van der Waals surface area contributed by atoms with E-state index < -0.39 is 43.8 Å². The maximum atomic E-state index is 12.6. The summed E-state index contributed by atoms with van der Waals surface area (Å²) in [6.45, 7) is 19.8. The molecule has 3 saturated heterocycles. The predicted molar refractivity (Wildman–Crippen MR) is 119 cm³/mol. The highest BCUT2D eigenvalue weighted by Gasteiger charge is 2.66. The van der Waals surface area contributed by atoms with Crippen molar-refractivity contribution in [3.8, 4) is 0 Å². The van der Waals surface area contributed by atoms with Gasteiger partial charge in [-0.1, -0.05) is 27.2 Å². The zero-order valence-electron chi connectivity index (χ0n) is 20.8. The summed E-state index contributed by atoms with van der Waals surface area (Å²) in [5.74, 6) is -1.48. The topological polar surface area (TPSA) is 72.5 Å². The van der Waals surface area contributed by atoms with E-state index in [0.29, 0.717) is 19.6 Å². The first kappa shape index (κ1) is 25.3. The van der Waals surface area contributed by atoms with Crippen LogP contribution in [0.4, 0.5) is 0 Å². The Morgan fingerprint density at radius 2 is 1.68 bits per heavy atom. The van der Waals surface area contributed by atoms with Gasteiger partial charge in [0.15, 0.2) is 26.2 Å². The van der Waals surface area contributed by atoms with E-state index in [1.807, 2.05) is 27.7 Å². The van der Waals surface area contributed by atoms with Crippen molar-refractivity contribution in [2.75, 3.05) is 13.2 Å². The van der Waals surface area contributed by atoms with Gasteiger partial charge in [0.2, 0.25) is 0 Å². The Labute approximate surface area is 188 Å². The summed E-state index contributed by atoms with van der Waals surface area (Å²) in [7, 11) is -1.78. The van der Waals surface area contributed by atoms with Crippen LogP contribution in [0.5, 0.6) is 0 Å². The lowest BCUT2D eigenvalue weighted by atomic mass is 9.74. The lowest BCUT2D eigenvalue weighted by Crippen LogP contribution is -2.49. The van der Waals surface area contributed by atoms with Gasteiger partial charge in [0, 0.05) is 6.61 Å². The molecule has 0 spiro atoms. The van der Waals surface area contributed by atoms with Crippen LogP contribution in [0.1, 0.15) is 67.7 Å². The van der Waals surface area contributed by atoms with Crippen LogP contribution in [-0.4, -0.2) is 64.0 Å². The fourth-order valence-corrected chi connectivity index (χ4v) is 5.57. The van der Waals surface area contributed by atoms with Gasteiger partial charge < -0.3 is 32.9 Å². The average Bonchev–Trinajstić information content (AvgIpc) is 3.22. The molecule has 0 radical (unpaired) electrons. The van der Waals surface area contributed by atoms with Crippen molar-refractivity contribution in [1.82, 2.24) is 0 Å². The molecule has 3 fully saturated rings. The van der Waals surface area contributed by atoms with Gasteiger partial charge in [0.1, 0.15) is 24.6 Å². The lowest BCUT2D eigenvalue weighted by Gasteiger charge is -2.37. The van der Waals surface area contributed by atoms with Crippen molar-refractivity contribution in [3.63, 3.8) is 0 Å². The van der Waals surface area contributed by atoms with Crippen molar-refractivity contribution >= 4 is 14.6 Å². The Morgan fingerprint density at radius 3 is 2.23 bits per heavy atom. The van der Waals surface area contributed by atoms with E-state index in [1.54, 1.807) is 0 Å². The number of rotatable bonds is 8. The zero-order valence-corrected chi connectivity index (χ0v) is 21.8. The smallest absolute Gasteiger partial charge is 0.191 e. The summed E-state index contributed by atoms with van der Waals surface area (Å²) in [5.41, 5.74) is -0.843. The Bertz CT molecular complexity index is 657. The molecular formula is C23H42O7Si. The highest BCUT2D eigenvalue weighted by molar-refractivity contribution is 6.74. The molecule has 0 aromatic heterocycles. The van der Waals surface area contributed by atoms with Crippen LogP contribution in [0.15, 0.2) is 0 Å². The molecular weight excluding hydrogens is 416 g/mol. The van der Waals surface area contributed by atoms with Crippen molar-refractivity contribution in [1.29, 1.82) is 0 Å². The molecule has 0 saturated carbocycles. The second kappa shape index (κ2) is 8.45. The van der Waals surface area contributed by atoms with E-state index in [4.69, 9.17) is 28.1 Å². The standard InChI is InChI=1S/C23H42O7Si/c1-20(2,3)31(8,9)26-13-11-10-12-23(15-24)17(16-14-25-21(4,5)28-16)27-19-18(23)29-22(6,7)30-19/h15-19H,10-14H2,1-9H3/t16-,17-,18+,19-,23-/m1/s1. The molecule has 3 heterocycles. The largest absolute Gasteiger partial charge is 0.417 e. The molecule has 0 bridgehead atoms. The summed E-state index contributed by atoms with van der Waals surface area (Å²) in [6, 6.07) is 0. The van der Waals surface area contributed by atoms with Crippen molar-refractivity contribution in [2.24, 2.45) is 5.41 Å². The van der Waals surface area contributed by atoms with Crippen molar-refractivity contribution in [2.45, 2.75) is 122 Å². The summed E-state index contributed by atoms with van der Waals surface area (Å²) >= 11 is 0. The normalized spacial score (nSPS) is 37.2. The number of unbranched alkanes of at least 4 members (excludes halogenated alkanes) is 1. The molecule has 3 aliphatic heterocycles. The number of fused-ring (bicyclic) bond motifs is 1. The fraction of sp³-hybridized carbons (Fsp3) is 0.957. The number of hydrogen-bond donors (Lipinski definition) is 0. The summed E-state index contributed by atoms with van der Waals surface area (Å²) in [5, 5.41) is 0.182. The first-order chi connectivity index (χ1) is 14.1. The van der Waals surface area contributed by atoms with Gasteiger partial charge in [-0.3, -0.25) is 0 Å². The molecule has 0 aliphatic carbocycles. The minimum Gasteiger partial charge on any atom is -0.417 e. The third-order valence-corrected chi connectivity index (χ3v) is 11.8. The van der Waals surface area contributed by atoms with Crippen molar-refractivity contribution < 1.29 is 32.9 Å². The van der Waals surface area contributed by atoms with E-state index in [9.17, 15) is 4.79 Å². The number of aldehydes is 1. The van der Waals surface area contributed by atoms with E-state index in [0.717, 1.165) is 19.1 Å². The Kier molecular flexibility index (Phi) is 6.89. The molecule has 0 amide bonds. The van der Waals surface area contributed by atoms with Crippen LogP contribution in [0, 0.1) is 5.41 Å². The van der Waals surface area contributed by atoms with Gasteiger partial charge in [0.05, 0.1) is 12.0 Å². The quantitative estimate of drug-likeness (QED) is 0.303. The molecule has 3 rings (SSSR count). The minimum atomic E-state index is -1.78. The lowest BCUT2D eigenvalue weighted by molar-refractivity contribution is -0.235. The molecule has 0 unspecified atom stereocenters. The minimum absolute atomic E-state index is 0.182. The third-order valence-electron chi connectivity index (χ3n) is 7.26. The molecule has 8 heteroatoms. The first-order valence-electron chi connectivity index (χ1n) is 11.6. The number of ether oxygens (including phenoxy) is 5.